The number of alkyl halides is 1. The van der Waals surface area contributed by atoms with Gasteiger partial charge in [0.25, 0.3) is 0 Å². The molecule has 1 saturated carbocycles. The van der Waals surface area contributed by atoms with E-state index in [1.807, 2.05) is 0 Å². The summed E-state index contributed by atoms with van der Waals surface area (Å²) in [5.74, 6) is 0.826. The summed E-state index contributed by atoms with van der Waals surface area (Å²) in [6.07, 6.45) is 4.97. The van der Waals surface area contributed by atoms with Gasteiger partial charge in [0.1, 0.15) is 0 Å². The Kier molecular flexibility index (Phi) is 3.06. The molecular weight excluding hydrogens is 172 g/mol. The highest BCUT2D eigenvalue weighted by Gasteiger charge is 2.42. The van der Waals surface area contributed by atoms with Crippen molar-refractivity contribution in [2.75, 3.05) is 13.0 Å². The average molecular weight is 191 g/mol. The van der Waals surface area contributed by atoms with Gasteiger partial charge in [0.05, 0.1) is 5.60 Å². The number of methoxy groups -OCH3 is 1. The molecule has 0 radical (unpaired) electrons. The molecule has 2 heteroatoms. The molecule has 1 fully saturated rings. The Bertz CT molecular complexity index is 144. The van der Waals surface area contributed by atoms with Gasteiger partial charge in [0.15, 0.2) is 0 Å². The van der Waals surface area contributed by atoms with Crippen LogP contribution in [-0.2, 0) is 4.74 Å². The highest BCUT2D eigenvalue weighted by atomic mass is 35.5. The predicted octanol–water partition coefficient (Wildman–Crippen LogP) is 3.21. The van der Waals surface area contributed by atoms with Gasteiger partial charge in [-0.15, -0.1) is 11.6 Å². The Balaban J connectivity index is 2.25. The molecule has 0 amide bonds. The van der Waals surface area contributed by atoms with Gasteiger partial charge in [-0.05, 0) is 44.9 Å². The Morgan fingerprint density at radius 1 is 1.42 bits per heavy atom. The quantitative estimate of drug-likeness (QED) is 0.605. The molecule has 0 aromatic carbocycles. The van der Waals surface area contributed by atoms with Crippen LogP contribution < -0.4 is 0 Å². The standard InChI is InChI=1S/C10H19ClO/c1-9(2,12-3)4-5-10(8-11)6-7-10/h4-8H2,1-3H3. The van der Waals surface area contributed by atoms with Crippen LogP contribution in [0.4, 0.5) is 0 Å². The summed E-state index contributed by atoms with van der Waals surface area (Å²) in [5.41, 5.74) is 0.513. The highest BCUT2D eigenvalue weighted by Crippen LogP contribution is 2.51. The van der Waals surface area contributed by atoms with Crippen molar-refractivity contribution in [3.05, 3.63) is 0 Å². The van der Waals surface area contributed by atoms with E-state index >= 15 is 0 Å². The summed E-state index contributed by atoms with van der Waals surface area (Å²) < 4.78 is 5.36. The summed E-state index contributed by atoms with van der Waals surface area (Å²) in [6.45, 7) is 4.27. The van der Waals surface area contributed by atoms with Crippen LogP contribution in [0.1, 0.15) is 39.5 Å². The molecule has 0 aromatic heterocycles. The van der Waals surface area contributed by atoms with Crippen molar-refractivity contribution in [3.63, 3.8) is 0 Å². The minimum absolute atomic E-state index is 0.0294. The van der Waals surface area contributed by atoms with E-state index in [1.54, 1.807) is 7.11 Å². The molecule has 0 heterocycles. The minimum atomic E-state index is 0.0294. The first kappa shape index (κ1) is 10.3. The van der Waals surface area contributed by atoms with E-state index < -0.39 is 0 Å². The first-order chi connectivity index (χ1) is 5.54. The van der Waals surface area contributed by atoms with Crippen molar-refractivity contribution in [3.8, 4) is 0 Å². The van der Waals surface area contributed by atoms with E-state index in [-0.39, 0.29) is 5.60 Å². The number of ether oxygens (including phenoxy) is 1. The zero-order chi connectivity index (χ0) is 9.24. The Morgan fingerprint density at radius 3 is 2.33 bits per heavy atom. The fourth-order valence-corrected chi connectivity index (χ4v) is 1.70. The van der Waals surface area contributed by atoms with E-state index in [4.69, 9.17) is 16.3 Å². The number of rotatable bonds is 5. The van der Waals surface area contributed by atoms with Crippen LogP contribution in [0.5, 0.6) is 0 Å². The summed E-state index contributed by atoms with van der Waals surface area (Å²) in [6, 6.07) is 0. The topological polar surface area (TPSA) is 9.23 Å². The first-order valence-electron chi connectivity index (χ1n) is 4.65. The molecule has 72 valence electrons. The maximum Gasteiger partial charge on any atom is 0.0623 e. The minimum Gasteiger partial charge on any atom is -0.379 e. The third kappa shape index (κ3) is 2.63. The lowest BCUT2D eigenvalue weighted by Gasteiger charge is -2.24. The second kappa shape index (κ2) is 3.55. The van der Waals surface area contributed by atoms with Gasteiger partial charge in [-0.1, -0.05) is 0 Å². The van der Waals surface area contributed by atoms with Crippen molar-refractivity contribution in [2.45, 2.75) is 45.1 Å². The summed E-state index contributed by atoms with van der Waals surface area (Å²) >= 11 is 5.89. The van der Waals surface area contributed by atoms with Crippen LogP contribution in [0.2, 0.25) is 0 Å². The summed E-state index contributed by atoms with van der Waals surface area (Å²) in [5, 5.41) is 0. The second-order valence-corrected chi connectivity index (χ2v) is 4.86. The van der Waals surface area contributed by atoms with Gasteiger partial charge < -0.3 is 4.74 Å². The van der Waals surface area contributed by atoms with Crippen molar-refractivity contribution in [2.24, 2.45) is 5.41 Å². The van der Waals surface area contributed by atoms with Crippen molar-refractivity contribution in [1.82, 2.24) is 0 Å². The first-order valence-corrected chi connectivity index (χ1v) is 5.18. The van der Waals surface area contributed by atoms with Gasteiger partial charge in [-0.2, -0.15) is 0 Å². The lowest BCUT2D eigenvalue weighted by molar-refractivity contribution is 0.0100. The molecule has 1 rings (SSSR count). The highest BCUT2D eigenvalue weighted by molar-refractivity contribution is 6.18. The van der Waals surface area contributed by atoms with Gasteiger partial charge in [0, 0.05) is 13.0 Å². The molecule has 0 atom stereocenters. The van der Waals surface area contributed by atoms with Gasteiger partial charge in [-0.25, -0.2) is 0 Å². The van der Waals surface area contributed by atoms with Gasteiger partial charge in [-0.3, -0.25) is 0 Å². The number of halogens is 1. The van der Waals surface area contributed by atoms with Crippen molar-refractivity contribution in [1.29, 1.82) is 0 Å². The Morgan fingerprint density at radius 2 is 2.00 bits per heavy atom. The van der Waals surface area contributed by atoms with Gasteiger partial charge in [0.2, 0.25) is 0 Å². The van der Waals surface area contributed by atoms with Crippen molar-refractivity contribution < 1.29 is 4.74 Å². The number of hydrogen-bond acceptors (Lipinski definition) is 1. The molecule has 1 aliphatic rings. The van der Waals surface area contributed by atoms with Crippen LogP contribution >= 0.6 is 11.6 Å². The summed E-state index contributed by atoms with van der Waals surface area (Å²) in [7, 11) is 1.78. The maximum absolute atomic E-state index is 5.89. The lowest BCUT2D eigenvalue weighted by atomic mass is 9.94. The van der Waals surface area contributed by atoms with E-state index in [0.29, 0.717) is 5.41 Å². The van der Waals surface area contributed by atoms with Gasteiger partial charge >= 0.3 is 0 Å². The zero-order valence-electron chi connectivity index (χ0n) is 8.32. The van der Waals surface area contributed by atoms with E-state index in [1.165, 1.54) is 19.3 Å². The van der Waals surface area contributed by atoms with Crippen LogP contribution in [0.3, 0.4) is 0 Å². The normalized spacial score (nSPS) is 21.0. The Labute approximate surface area is 80.4 Å². The summed E-state index contributed by atoms with van der Waals surface area (Å²) in [4.78, 5) is 0. The fourth-order valence-electron chi connectivity index (χ4n) is 1.30. The van der Waals surface area contributed by atoms with Crippen LogP contribution in [0.15, 0.2) is 0 Å². The molecular formula is C10H19ClO. The maximum atomic E-state index is 5.89. The average Bonchev–Trinajstić information content (AvgIpc) is 2.82. The van der Waals surface area contributed by atoms with Crippen LogP contribution in [-0.4, -0.2) is 18.6 Å². The van der Waals surface area contributed by atoms with E-state index in [2.05, 4.69) is 13.8 Å². The number of hydrogen-bond donors (Lipinski definition) is 0. The predicted molar refractivity (Wildman–Crippen MR) is 52.7 cm³/mol. The third-order valence-electron chi connectivity index (χ3n) is 3.05. The molecule has 0 bridgehead atoms. The molecule has 0 N–H and O–H groups in total. The molecule has 12 heavy (non-hydrogen) atoms. The molecule has 0 aliphatic heterocycles. The molecule has 0 spiro atoms. The SMILES string of the molecule is COC(C)(C)CCC1(CCl)CC1. The smallest absolute Gasteiger partial charge is 0.0623 e. The molecule has 0 unspecified atom stereocenters. The monoisotopic (exact) mass is 190 g/mol. The Hall–Kier alpha value is 0.250. The molecule has 0 aromatic rings. The van der Waals surface area contributed by atoms with E-state index in [9.17, 15) is 0 Å². The van der Waals surface area contributed by atoms with Crippen molar-refractivity contribution >= 4 is 11.6 Å². The van der Waals surface area contributed by atoms with E-state index in [0.717, 1.165) is 12.3 Å². The largest absolute Gasteiger partial charge is 0.379 e. The molecule has 1 aliphatic carbocycles. The third-order valence-corrected chi connectivity index (χ3v) is 3.62. The lowest BCUT2D eigenvalue weighted by Crippen LogP contribution is -2.24. The fraction of sp³-hybridized carbons (Fsp3) is 1.00. The second-order valence-electron chi connectivity index (χ2n) is 4.60. The zero-order valence-corrected chi connectivity index (χ0v) is 9.08. The molecule has 0 saturated heterocycles. The van der Waals surface area contributed by atoms with Crippen LogP contribution in [0.25, 0.3) is 0 Å². The molecule has 1 nitrogen and oxygen atoms in total. The van der Waals surface area contributed by atoms with Crippen LogP contribution in [0, 0.1) is 5.41 Å².